The SMILES string of the molecule is FC(F)(F)c1ccc2c(c1)[C@H]1CCN[C@@H]2C1. The van der Waals surface area contributed by atoms with Gasteiger partial charge in [0.2, 0.25) is 0 Å². The number of piperidine rings is 1. The van der Waals surface area contributed by atoms with Gasteiger partial charge in [0.05, 0.1) is 5.56 Å². The van der Waals surface area contributed by atoms with Gasteiger partial charge in [-0.2, -0.15) is 13.2 Å². The molecule has 1 aliphatic carbocycles. The molecule has 16 heavy (non-hydrogen) atoms. The Balaban J connectivity index is 2.07. The van der Waals surface area contributed by atoms with Crippen molar-refractivity contribution in [1.82, 2.24) is 5.32 Å². The molecule has 0 saturated carbocycles. The van der Waals surface area contributed by atoms with Gasteiger partial charge in [0.15, 0.2) is 0 Å². The summed E-state index contributed by atoms with van der Waals surface area (Å²) in [5.41, 5.74) is 1.46. The van der Waals surface area contributed by atoms with E-state index in [4.69, 9.17) is 0 Å². The van der Waals surface area contributed by atoms with Crippen molar-refractivity contribution in [1.29, 1.82) is 0 Å². The number of hydrogen-bond acceptors (Lipinski definition) is 1. The molecule has 1 aromatic carbocycles. The van der Waals surface area contributed by atoms with Crippen LogP contribution in [0.1, 0.15) is 41.5 Å². The van der Waals surface area contributed by atoms with Crippen LogP contribution in [0.15, 0.2) is 18.2 Å². The molecule has 1 nitrogen and oxygen atoms in total. The fourth-order valence-electron chi connectivity index (χ4n) is 2.86. The summed E-state index contributed by atoms with van der Waals surface area (Å²) >= 11 is 0. The zero-order valence-electron chi connectivity index (χ0n) is 8.64. The van der Waals surface area contributed by atoms with E-state index < -0.39 is 11.7 Å². The lowest BCUT2D eigenvalue weighted by molar-refractivity contribution is -0.137. The first-order chi connectivity index (χ1) is 7.55. The van der Waals surface area contributed by atoms with Gasteiger partial charge in [-0.15, -0.1) is 0 Å². The highest BCUT2D eigenvalue weighted by Crippen LogP contribution is 2.46. The van der Waals surface area contributed by atoms with Crippen LogP contribution in [-0.4, -0.2) is 6.54 Å². The molecule has 1 aromatic rings. The molecular weight excluding hydrogens is 215 g/mol. The molecule has 0 aromatic heterocycles. The van der Waals surface area contributed by atoms with Gasteiger partial charge in [0, 0.05) is 6.04 Å². The molecule has 0 spiro atoms. The molecule has 2 bridgehead atoms. The van der Waals surface area contributed by atoms with Crippen molar-refractivity contribution in [2.45, 2.75) is 31.0 Å². The molecule has 1 fully saturated rings. The molecule has 0 amide bonds. The maximum absolute atomic E-state index is 12.6. The zero-order valence-corrected chi connectivity index (χ0v) is 8.64. The quantitative estimate of drug-likeness (QED) is 0.717. The van der Waals surface area contributed by atoms with E-state index in [2.05, 4.69) is 5.32 Å². The molecule has 1 saturated heterocycles. The number of hydrogen-bond donors (Lipinski definition) is 1. The predicted molar refractivity (Wildman–Crippen MR) is 54.2 cm³/mol. The third-order valence-corrected chi connectivity index (χ3v) is 3.63. The highest BCUT2D eigenvalue weighted by molar-refractivity contribution is 5.42. The predicted octanol–water partition coefficient (Wildman–Crippen LogP) is 3.23. The van der Waals surface area contributed by atoms with E-state index in [1.807, 2.05) is 0 Å². The highest BCUT2D eigenvalue weighted by atomic mass is 19.4. The van der Waals surface area contributed by atoms with Gasteiger partial charge in [0.1, 0.15) is 0 Å². The minimum atomic E-state index is -4.22. The third-order valence-electron chi connectivity index (χ3n) is 3.63. The summed E-state index contributed by atoms with van der Waals surface area (Å²) in [7, 11) is 0. The van der Waals surface area contributed by atoms with Gasteiger partial charge in [0.25, 0.3) is 0 Å². The molecular formula is C12H12F3N. The van der Waals surface area contributed by atoms with Crippen molar-refractivity contribution in [2.75, 3.05) is 6.54 Å². The molecule has 86 valence electrons. The number of benzene rings is 1. The van der Waals surface area contributed by atoms with Crippen LogP contribution in [0.2, 0.25) is 0 Å². The molecule has 3 rings (SSSR count). The minimum absolute atomic E-state index is 0.274. The second-order valence-electron chi connectivity index (χ2n) is 4.57. The van der Waals surface area contributed by atoms with Gasteiger partial charge in [-0.1, -0.05) is 6.07 Å². The Kier molecular flexibility index (Phi) is 2.05. The Morgan fingerprint density at radius 3 is 2.75 bits per heavy atom. The lowest BCUT2D eigenvalue weighted by Gasteiger charge is -2.20. The topological polar surface area (TPSA) is 12.0 Å². The van der Waals surface area contributed by atoms with Crippen LogP contribution < -0.4 is 5.32 Å². The Morgan fingerprint density at radius 1 is 1.19 bits per heavy atom. The number of alkyl halides is 3. The Hall–Kier alpha value is -1.03. The molecule has 0 radical (unpaired) electrons. The number of nitrogens with one attached hydrogen (secondary N) is 1. The standard InChI is InChI=1S/C12H12F3N/c13-12(14,15)8-1-2-9-10(6-8)7-3-4-16-11(9)5-7/h1-2,6-7,11,16H,3-5H2/t7-,11+/m0/s1. The summed E-state index contributed by atoms with van der Waals surface area (Å²) in [4.78, 5) is 0. The van der Waals surface area contributed by atoms with Crippen LogP contribution in [0.5, 0.6) is 0 Å². The van der Waals surface area contributed by atoms with Crippen molar-refractivity contribution in [3.05, 3.63) is 34.9 Å². The largest absolute Gasteiger partial charge is 0.416 e. The number of fused-ring (bicyclic) bond motifs is 5. The Bertz CT molecular complexity index is 425. The van der Waals surface area contributed by atoms with E-state index in [0.717, 1.165) is 30.5 Å². The lowest BCUT2D eigenvalue weighted by atomic mass is 9.95. The van der Waals surface area contributed by atoms with Crippen LogP contribution in [0.4, 0.5) is 13.2 Å². The third kappa shape index (κ3) is 1.44. The van der Waals surface area contributed by atoms with Crippen LogP contribution in [0.3, 0.4) is 0 Å². The van der Waals surface area contributed by atoms with Crippen molar-refractivity contribution >= 4 is 0 Å². The van der Waals surface area contributed by atoms with Crippen LogP contribution in [-0.2, 0) is 6.18 Å². The summed E-state index contributed by atoms with van der Waals surface area (Å²) in [6.07, 6.45) is -2.32. The molecule has 4 heteroatoms. The second-order valence-corrected chi connectivity index (χ2v) is 4.57. The smallest absolute Gasteiger partial charge is 0.310 e. The molecule has 0 unspecified atom stereocenters. The Morgan fingerprint density at radius 2 is 2.00 bits per heavy atom. The molecule has 2 atom stereocenters. The summed E-state index contributed by atoms with van der Waals surface area (Å²) < 4.78 is 37.8. The van der Waals surface area contributed by atoms with Crippen molar-refractivity contribution < 1.29 is 13.2 Å². The average Bonchev–Trinajstić information content (AvgIpc) is 2.50. The van der Waals surface area contributed by atoms with Crippen LogP contribution in [0, 0.1) is 0 Å². The maximum atomic E-state index is 12.6. The monoisotopic (exact) mass is 227 g/mol. The number of halogens is 3. The molecule has 1 N–H and O–H groups in total. The highest BCUT2D eigenvalue weighted by Gasteiger charge is 2.37. The van der Waals surface area contributed by atoms with Gasteiger partial charge >= 0.3 is 6.18 Å². The normalized spacial score (nSPS) is 27.9. The summed E-state index contributed by atoms with van der Waals surface area (Å²) in [6.45, 7) is 0.908. The summed E-state index contributed by atoms with van der Waals surface area (Å²) in [5, 5.41) is 3.34. The second kappa shape index (κ2) is 3.23. The minimum Gasteiger partial charge on any atom is -0.310 e. The van der Waals surface area contributed by atoms with Gasteiger partial charge in [-0.25, -0.2) is 0 Å². The van der Waals surface area contributed by atoms with Crippen molar-refractivity contribution in [2.24, 2.45) is 0 Å². The number of rotatable bonds is 0. The lowest BCUT2D eigenvalue weighted by Crippen LogP contribution is -2.24. The molecule has 1 heterocycles. The van der Waals surface area contributed by atoms with E-state index in [-0.39, 0.29) is 6.04 Å². The first-order valence-corrected chi connectivity index (χ1v) is 5.50. The van der Waals surface area contributed by atoms with Crippen molar-refractivity contribution in [3.63, 3.8) is 0 Å². The molecule has 1 aliphatic heterocycles. The summed E-state index contributed by atoms with van der Waals surface area (Å²) in [5.74, 6) is 0.323. The zero-order chi connectivity index (χ0) is 11.3. The van der Waals surface area contributed by atoms with Gasteiger partial charge < -0.3 is 5.32 Å². The van der Waals surface area contributed by atoms with E-state index >= 15 is 0 Å². The van der Waals surface area contributed by atoms with E-state index in [0.29, 0.717) is 5.92 Å². The molecule has 2 aliphatic rings. The summed E-state index contributed by atoms with van der Waals surface area (Å²) in [6, 6.07) is 4.45. The van der Waals surface area contributed by atoms with Crippen LogP contribution in [0.25, 0.3) is 0 Å². The maximum Gasteiger partial charge on any atom is 0.416 e. The fourth-order valence-corrected chi connectivity index (χ4v) is 2.86. The fraction of sp³-hybridized carbons (Fsp3) is 0.500. The van der Waals surface area contributed by atoms with E-state index in [9.17, 15) is 13.2 Å². The van der Waals surface area contributed by atoms with E-state index in [1.54, 1.807) is 6.07 Å². The van der Waals surface area contributed by atoms with Crippen LogP contribution >= 0.6 is 0 Å². The van der Waals surface area contributed by atoms with Gasteiger partial charge in [-0.3, -0.25) is 0 Å². The van der Waals surface area contributed by atoms with Crippen molar-refractivity contribution in [3.8, 4) is 0 Å². The first kappa shape index (κ1) is 10.1. The van der Waals surface area contributed by atoms with Gasteiger partial charge in [-0.05, 0) is 48.6 Å². The van der Waals surface area contributed by atoms with E-state index in [1.165, 1.54) is 12.1 Å². The Labute approximate surface area is 91.7 Å². The average molecular weight is 227 g/mol. The first-order valence-electron chi connectivity index (χ1n) is 5.50.